The Morgan fingerprint density at radius 1 is 1.42 bits per heavy atom. The number of halogens is 2. The van der Waals surface area contributed by atoms with Crippen molar-refractivity contribution in [3.05, 3.63) is 11.3 Å². The molecule has 1 unspecified atom stereocenters. The largest absolute Gasteiger partial charge is 0.375 e. The molecule has 3 heteroatoms. The Kier molecular flexibility index (Phi) is 2.15. The third-order valence-corrected chi connectivity index (χ3v) is 2.83. The summed E-state index contributed by atoms with van der Waals surface area (Å²) in [6.45, 7) is 5.08. The van der Waals surface area contributed by atoms with Crippen LogP contribution < -0.4 is 0 Å². The van der Waals surface area contributed by atoms with Crippen molar-refractivity contribution in [1.29, 1.82) is 0 Å². The van der Waals surface area contributed by atoms with E-state index in [1.54, 1.807) is 6.92 Å². The van der Waals surface area contributed by atoms with Gasteiger partial charge in [-0.05, 0) is 20.8 Å². The van der Waals surface area contributed by atoms with E-state index in [0.29, 0.717) is 5.70 Å². The van der Waals surface area contributed by atoms with Crippen molar-refractivity contribution < 1.29 is 8.78 Å². The summed E-state index contributed by atoms with van der Waals surface area (Å²) < 4.78 is 26.4. The van der Waals surface area contributed by atoms with E-state index >= 15 is 0 Å². The van der Waals surface area contributed by atoms with Gasteiger partial charge in [-0.1, -0.05) is 0 Å². The predicted molar refractivity (Wildman–Crippen MR) is 45.2 cm³/mol. The van der Waals surface area contributed by atoms with Crippen LogP contribution in [0.2, 0.25) is 0 Å². The Labute approximate surface area is 72.1 Å². The molecule has 0 fully saturated rings. The molecule has 0 aliphatic carbocycles. The molecule has 0 aromatic carbocycles. The zero-order valence-corrected chi connectivity index (χ0v) is 7.99. The Morgan fingerprint density at radius 2 is 1.92 bits per heavy atom. The van der Waals surface area contributed by atoms with Gasteiger partial charge < -0.3 is 4.90 Å². The van der Waals surface area contributed by atoms with Gasteiger partial charge in [0.1, 0.15) is 0 Å². The first-order valence-corrected chi connectivity index (χ1v) is 4.15. The highest BCUT2D eigenvalue weighted by Crippen LogP contribution is 2.37. The molecule has 0 saturated heterocycles. The fourth-order valence-corrected chi connectivity index (χ4v) is 1.52. The van der Waals surface area contributed by atoms with Crippen LogP contribution in [-0.2, 0) is 0 Å². The minimum Gasteiger partial charge on any atom is -0.375 e. The van der Waals surface area contributed by atoms with Crippen LogP contribution in [0.4, 0.5) is 8.78 Å². The zero-order valence-electron chi connectivity index (χ0n) is 7.99. The maximum atomic E-state index is 13.2. The highest BCUT2D eigenvalue weighted by atomic mass is 19.3. The maximum absolute atomic E-state index is 13.2. The molecule has 1 nitrogen and oxygen atoms in total. The summed E-state index contributed by atoms with van der Waals surface area (Å²) in [6.07, 6.45) is -0.0628. The third kappa shape index (κ3) is 1.32. The van der Waals surface area contributed by atoms with E-state index < -0.39 is 5.92 Å². The highest BCUT2D eigenvalue weighted by Gasteiger charge is 2.40. The molecule has 70 valence electrons. The van der Waals surface area contributed by atoms with Crippen LogP contribution in [-0.4, -0.2) is 23.9 Å². The second-order valence-corrected chi connectivity index (χ2v) is 3.58. The minimum absolute atomic E-state index is 0.0628. The quantitative estimate of drug-likeness (QED) is 0.547. The molecule has 0 aromatic rings. The fraction of sp³-hybridized carbons (Fsp3) is 0.778. The molecule has 0 N–H and O–H groups in total. The molecule has 0 bridgehead atoms. The predicted octanol–water partition coefficient (Wildman–Crippen LogP) is 2.64. The summed E-state index contributed by atoms with van der Waals surface area (Å²) in [5.74, 6) is -2.60. The van der Waals surface area contributed by atoms with Gasteiger partial charge in [-0.2, -0.15) is 0 Å². The van der Waals surface area contributed by atoms with Crippen LogP contribution >= 0.6 is 0 Å². The van der Waals surface area contributed by atoms with Crippen molar-refractivity contribution in [3.8, 4) is 0 Å². The van der Waals surface area contributed by atoms with Crippen LogP contribution in [0.1, 0.15) is 27.2 Å². The highest BCUT2D eigenvalue weighted by molar-refractivity contribution is 5.21. The van der Waals surface area contributed by atoms with Crippen molar-refractivity contribution in [3.63, 3.8) is 0 Å². The summed E-state index contributed by atoms with van der Waals surface area (Å²) in [6, 6.07) is -0.0660. The summed E-state index contributed by atoms with van der Waals surface area (Å²) in [4.78, 5) is 1.91. The first kappa shape index (κ1) is 9.49. The topological polar surface area (TPSA) is 3.24 Å². The lowest BCUT2D eigenvalue weighted by atomic mass is 9.95. The lowest BCUT2D eigenvalue weighted by Crippen LogP contribution is -2.41. The molecule has 1 aliphatic rings. The normalized spacial score (nSPS) is 29.5. The monoisotopic (exact) mass is 175 g/mol. The molecular formula is C9H15F2N. The molecule has 1 heterocycles. The Bertz CT molecular complexity index is 221. The summed E-state index contributed by atoms with van der Waals surface area (Å²) >= 11 is 0. The van der Waals surface area contributed by atoms with Crippen molar-refractivity contribution in [2.24, 2.45) is 0 Å². The van der Waals surface area contributed by atoms with Crippen LogP contribution in [0.3, 0.4) is 0 Å². The van der Waals surface area contributed by atoms with E-state index in [1.165, 1.54) is 6.92 Å². The van der Waals surface area contributed by atoms with E-state index in [0.717, 1.165) is 0 Å². The van der Waals surface area contributed by atoms with E-state index in [2.05, 4.69) is 0 Å². The molecule has 0 amide bonds. The molecule has 1 atom stereocenters. The van der Waals surface area contributed by atoms with Crippen molar-refractivity contribution in [2.75, 3.05) is 7.05 Å². The zero-order chi connectivity index (χ0) is 9.52. The second-order valence-electron chi connectivity index (χ2n) is 3.58. The number of nitrogens with zero attached hydrogens (tertiary/aromatic N) is 1. The maximum Gasteiger partial charge on any atom is 0.272 e. The lowest BCUT2D eigenvalue weighted by molar-refractivity contribution is -0.00523. The van der Waals surface area contributed by atoms with E-state index in [4.69, 9.17) is 0 Å². The number of hydrogen-bond donors (Lipinski definition) is 0. The lowest BCUT2D eigenvalue weighted by Gasteiger charge is -2.38. The van der Waals surface area contributed by atoms with Gasteiger partial charge in [0.2, 0.25) is 0 Å². The van der Waals surface area contributed by atoms with Crippen LogP contribution in [0.25, 0.3) is 0 Å². The summed E-state index contributed by atoms with van der Waals surface area (Å²) in [7, 11) is 1.86. The summed E-state index contributed by atoms with van der Waals surface area (Å²) in [5.41, 5.74) is 0.918. The van der Waals surface area contributed by atoms with Crippen LogP contribution in [0.15, 0.2) is 11.3 Å². The van der Waals surface area contributed by atoms with Gasteiger partial charge in [0.05, 0.1) is 0 Å². The van der Waals surface area contributed by atoms with Gasteiger partial charge in [-0.25, -0.2) is 8.78 Å². The van der Waals surface area contributed by atoms with Crippen molar-refractivity contribution in [2.45, 2.75) is 39.2 Å². The number of rotatable bonds is 0. The van der Waals surface area contributed by atoms with Crippen LogP contribution in [0, 0.1) is 0 Å². The number of hydrogen-bond acceptors (Lipinski definition) is 1. The molecule has 0 spiro atoms. The molecule has 0 radical (unpaired) electrons. The minimum atomic E-state index is -2.60. The molecule has 0 saturated carbocycles. The fourth-order valence-electron chi connectivity index (χ4n) is 1.52. The Hall–Kier alpha value is -0.600. The average Bonchev–Trinajstić information content (AvgIpc) is 1.97. The van der Waals surface area contributed by atoms with Gasteiger partial charge in [0.25, 0.3) is 5.92 Å². The molecule has 1 rings (SSSR count). The van der Waals surface area contributed by atoms with Crippen molar-refractivity contribution in [1.82, 2.24) is 4.90 Å². The van der Waals surface area contributed by atoms with Gasteiger partial charge in [-0.3, -0.25) is 0 Å². The van der Waals surface area contributed by atoms with E-state index in [-0.39, 0.29) is 18.0 Å². The van der Waals surface area contributed by atoms with E-state index in [9.17, 15) is 8.78 Å². The number of alkyl halides is 2. The molecule has 12 heavy (non-hydrogen) atoms. The second kappa shape index (κ2) is 2.71. The Morgan fingerprint density at radius 3 is 2.42 bits per heavy atom. The Balaban J connectivity index is 3.04. The SMILES string of the molecule is CC1=C(C)C(F)(F)CC(C)N1C. The molecule has 0 aromatic heterocycles. The van der Waals surface area contributed by atoms with E-state index in [1.807, 2.05) is 18.9 Å². The van der Waals surface area contributed by atoms with Crippen LogP contribution in [0.5, 0.6) is 0 Å². The number of allylic oxidation sites excluding steroid dienone is 2. The smallest absolute Gasteiger partial charge is 0.272 e. The third-order valence-electron chi connectivity index (χ3n) is 2.83. The first-order chi connectivity index (χ1) is 5.36. The molecular weight excluding hydrogens is 160 g/mol. The first-order valence-electron chi connectivity index (χ1n) is 4.15. The molecule has 1 aliphatic heterocycles. The average molecular weight is 175 g/mol. The van der Waals surface area contributed by atoms with Gasteiger partial charge in [0.15, 0.2) is 0 Å². The summed E-state index contributed by atoms with van der Waals surface area (Å²) in [5, 5.41) is 0. The van der Waals surface area contributed by atoms with Gasteiger partial charge >= 0.3 is 0 Å². The van der Waals surface area contributed by atoms with Gasteiger partial charge in [0, 0.05) is 30.8 Å². The standard InChI is InChI=1S/C9H15F2N/c1-6-5-9(10,11)7(2)8(3)12(6)4/h6H,5H2,1-4H3. The van der Waals surface area contributed by atoms with Crippen molar-refractivity contribution >= 4 is 0 Å². The van der Waals surface area contributed by atoms with Gasteiger partial charge in [-0.15, -0.1) is 0 Å².